The number of halogens is 1. The second-order valence-corrected chi connectivity index (χ2v) is 10.0. The van der Waals surface area contributed by atoms with Gasteiger partial charge in [0.05, 0.1) is 4.34 Å². The number of hydrogen-bond donors (Lipinski definition) is 0. The van der Waals surface area contributed by atoms with Crippen molar-refractivity contribution in [3.63, 3.8) is 0 Å². The number of rotatable bonds is 6. The summed E-state index contributed by atoms with van der Waals surface area (Å²) in [6.07, 6.45) is 2.13. The van der Waals surface area contributed by atoms with Gasteiger partial charge in [0.15, 0.2) is 5.82 Å². The van der Waals surface area contributed by atoms with Crippen LogP contribution in [-0.4, -0.2) is 49.7 Å². The van der Waals surface area contributed by atoms with Crippen LogP contribution in [-0.2, 0) is 20.2 Å². The molecule has 1 aliphatic rings. The summed E-state index contributed by atoms with van der Waals surface area (Å²) in [5, 5.41) is 4.08. The fourth-order valence-corrected chi connectivity index (χ4v) is 6.37. The molecule has 138 valence electrons. The number of aromatic nitrogens is 2. The maximum atomic E-state index is 13.0. The highest BCUT2D eigenvalue weighted by molar-refractivity contribution is 7.91. The van der Waals surface area contributed by atoms with E-state index < -0.39 is 15.4 Å². The zero-order valence-corrected chi connectivity index (χ0v) is 16.5. The van der Waals surface area contributed by atoms with E-state index in [1.807, 2.05) is 0 Å². The molecule has 7 nitrogen and oxygen atoms in total. The maximum absolute atomic E-state index is 13.0. The third kappa shape index (κ3) is 3.75. The first-order chi connectivity index (χ1) is 11.9. The van der Waals surface area contributed by atoms with E-state index in [-0.39, 0.29) is 4.21 Å². The van der Waals surface area contributed by atoms with Gasteiger partial charge in [0, 0.05) is 39.1 Å². The Morgan fingerprint density at radius 3 is 2.88 bits per heavy atom. The molecule has 1 unspecified atom stereocenters. The average Bonchev–Trinajstić information content (AvgIpc) is 3.22. The third-order valence-electron chi connectivity index (χ3n) is 4.47. The van der Waals surface area contributed by atoms with Gasteiger partial charge in [0.2, 0.25) is 5.89 Å². The first-order valence-electron chi connectivity index (χ1n) is 7.93. The Bertz CT molecular complexity index is 835. The molecular formula is C15H20ClN3O4S2. The van der Waals surface area contributed by atoms with Gasteiger partial charge in [-0.3, -0.25) is 0 Å². The lowest BCUT2D eigenvalue weighted by atomic mass is 9.77. The fraction of sp³-hybridized carbons (Fsp3) is 0.600. The summed E-state index contributed by atoms with van der Waals surface area (Å²) in [6, 6.07) is 3.15. The summed E-state index contributed by atoms with van der Waals surface area (Å²) in [5.74, 6) is 1.02. The van der Waals surface area contributed by atoms with Crippen LogP contribution in [0.25, 0.3) is 0 Å². The van der Waals surface area contributed by atoms with Crippen molar-refractivity contribution >= 4 is 33.0 Å². The van der Waals surface area contributed by atoms with Crippen LogP contribution in [0.3, 0.4) is 0 Å². The van der Waals surface area contributed by atoms with Crippen LogP contribution in [0.2, 0.25) is 4.34 Å². The normalized spacial score (nSPS) is 22.4. The number of nitrogens with zero attached hydrogens (tertiary/aromatic N) is 3. The molecule has 0 saturated carbocycles. The van der Waals surface area contributed by atoms with Gasteiger partial charge in [0.25, 0.3) is 10.0 Å². The molecule has 0 N–H and O–H groups in total. The van der Waals surface area contributed by atoms with Gasteiger partial charge in [-0.1, -0.05) is 16.8 Å². The van der Waals surface area contributed by atoms with E-state index in [0.717, 1.165) is 24.2 Å². The molecule has 1 saturated heterocycles. The second kappa shape index (κ2) is 7.32. The van der Waals surface area contributed by atoms with E-state index >= 15 is 0 Å². The second-order valence-electron chi connectivity index (χ2n) is 6.16. The summed E-state index contributed by atoms with van der Waals surface area (Å²) in [5.41, 5.74) is -0.514. The summed E-state index contributed by atoms with van der Waals surface area (Å²) in [4.78, 5) is 4.38. The van der Waals surface area contributed by atoms with E-state index in [4.69, 9.17) is 20.9 Å². The molecule has 1 fully saturated rings. The molecule has 1 aliphatic heterocycles. The van der Waals surface area contributed by atoms with Crippen LogP contribution in [0, 0.1) is 6.92 Å². The zero-order chi connectivity index (χ0) is 18.1. The minimum atomic E-state index is -3.60. The molecule has 2 aromatic heterocycles. The summed E-state index contributed by atoms with van der Waals surface area (Å²) in [7, 11) is -1.97. The zero-order valence-electron chi connectivity index (χ0n) is 14.1. The van der Waals surface area contributed by atoms with E-state index in [9.17, 15) is 8.42 Å². The molecule has 25 heavy (non-hydrogen) atoms. The van der Waals surface area contributed by atoms with Gasteiger partial charge in [-0.25, -0.2) is 8.42 Å². The SMILES string of the molecule is COCCC1(c2noc(C)n2)CCCN(S(=O)(=O)c2ccc(Cl)s2)C1. The fourth-order valence-electron chi connectivity index (χ4n) is 3.17. The lowest BCUT2D eigenvalue weighted by molar-refractivity contribution is 0.128. The van der Waals surface area contributed by atoms with E-state index in [1.54, 1.807) is 26.2 Å². The number of methoxy groups -OCH3 is 1. The average molecular weight is 406 g/mol. The van der Waals surface area contributed by atoms with E-state index in [2.05, 4.69) is 10.1 Å². The molecule has 0 radical (unpaired) electrons. The Morgan fingerprint density at radius 2 is 2.28 bits per heavy atom. The van der Waals surface area contributed by atoms with Crippen molar-refractivity contribution in [3.05, 3.63) is 28.2 Å². The number of hydrogen-bond acceptors (Lipinski definition) is 7. The quantitative estimate of drug-likeness (QED) is 0.734. The highest BCUT2D eigenvalue weighted by Gasteiger charge is 2.44. The van der Waals surface area contributed by atoms with E-state index in [0.29, 0.717) is 42.2 Å². The third-order valence-corrected chi connectivity index (χ3v) is 8.01. The topological polar surface area (TPSA) is 85.5 Å². The Hall–Kier alpha value is -1.000. The molecule has 0 spiro atoms. The molecule has 0 aromatic carbocycles. The van der Waals surface area contributed by atoms with Gasteiger partial charge in [-0.2, -0.15) is 9.29 Å². The molecule has 10 heteroatoms. The number of piperidine rings is 1. The first kappa shape index (κ1) is 18.8. The van der Waals surface area contributed by atoms with Crippen LogP contribution in [0.1, 0.15) is 31.0 Å². The van der Waals surface area contributed by atoms with Crippen molar-refractivity contribution in [3.8, 4) is 0 Å². The lowest BCUT2D eigenvalue weighted by Gasteiger charge is -2.39. The van der Waals surface area contributed by atoms with Gasteiger partial charge in [-0.15, -0.1) is 11.3 Å². The number of aryl methyl sites for hydroxylation is 1. The van der Waals surface area contributed by atoms with Crippen LogP contribution >= 0.6 is 22.9 Å². The number of ether oxygens (including phenoxy) is 1. The Labute approximate surface area is 156 Å². The Kier molecular flexibility index (Phi) is 5.50. The minimum absolute atomic E-state index is 0.254. The Balaban J connectivity index is 1.93. The van der Waals surface area contributed by atoms with Crippen molar-refractivity contribution in [2.24, 2.45) is 0 Å². The van der Waals surface area contributed by atoms with Crippen molar-refractivity contribution in [2.75, 3.05) is 26.8 Å². The molecule has 2 aromatic rings. The highest BCUT2D eigenvalue weighted by atomic mass is 35.5. The van der Waals surface area contributed by atoms with Crippen LogP contribution in [0.5, 0.6) is 0 Å². The highest BCUT2D eigenvalue weighted by Crippen LogP contribution is 2.39. The number of sulfonamides is 1. The minimum Gasteiger partial charge on any atom is -0.385 e. The molecule has 0 bridgehead atoms. The molecule has 3 heterocycles. The standard InChI is InChI=1S/C15H20ClN3O4S2/c1-11-17-14(18-23-11)15(7-9-22-2)6-3-8-19(10-15)25(20,21)13-5-4-12(16)24-13/h4-5H,3,6-10H2,1-2H3. The summed E-state index contributed by atoms with van der Waals surface area (Å²) in [6.45, 7) is 2.98. The van der Waals surface area contributed by atoms with Crippen molar-refractivity contribution < 1.29 is 17.7 Å². The Morgan fingerprint density at radius 1 is 1.48 bits per heavy atom. The van der Waals surface area contributed by atoms with Crippen molar-refractivity contribution in [1.82, 2.24) is 14.4 Å². The smallest absolute Gasteiger partial charge is 0.252 e. The van der Waals surface area contributed by atoms with E-state index in [1.165, 1.54) is 4.31 Å². The van der Waals surface area contributed by atoms with Crippen LogP contribution < -0.4 is 0 Å². The predicted molar refractivity (Wildman–Crippen MR) is 94.5 cm³/mol. The molecular weight excluding hydrogens is 386 g/mol. The largest absolute Gasteiger partial charge is 0.385 e. The van der Waals surface area contributed by atoms with Crippen LogP contribution in [0.4, 0.5) is 0 Å². The predicted octanol–water partition coefficient (Wildman–Crippen LogP) is 2.85. The van der Waals surface area contributed by atoms with Gasteiger partial charge >= 0.3 is 0 Å². The molecule has 1 atom stereocenters. The maximum Gasteiger partial charge on any atom is 0.252 e. The van der Waals surface area contributed by atoms with Gasteiger partial charge in [-0.05, 0) is 31.4 Å². The van der Waals surface area contributed by atoms with Gasteiger partial charge in [0.1, 0.15) is 4.21 Å². The van der Waals surface area contributed by atoms with Crippen molar-refractivity contribution in [1.29, 1.82) is 0 Å². The van der Waals surface area contributed by atoms with Gasteiger partial charge < -0.3 is 9.26 Å². The summed E-state index contributed by atoms with van der Waals surface area (Å²) < 4.78 is 38.6. The summed E-state index contributed by atoms with van der Waals surface area (Å²) >= 11 is 6.98. The monoisotopic (exact) mass is 405 g/mol. The molecule has 3 rings (SSSR count). The molecule has 0 amide bonds. The number of thiophene rings is 1. The lowest BCUT2D eigenvalue weighted by Crippen LogP contribution is -2.49. The van der Waals surface area contributed by atoms with Crippen LogP contribution in [0.15, 0.2) is 20.9 Å². The first-order valence-corrected chi connectivity index (χ1v) is 10.6. The molecule has 0 aliphatic carbocycles. The van der Waals surface area contributed by atoms with Crippen molar-refractivity contribution in [2.45, 2.75) is 35.8 Å².